The average molecular weight is 387 g/mol. The Morgan fingerprint density at radius 3 is 2.21 bits per heavy atom. The molecule has 0 saturated heterocycles. The lowest BCUT2D eigenvalue weighted by Gasteiger charge is -2.19. The lowest BCUT2D eigenvalue weighted by molar-refractivity contribution is -0.137. The molecule has 2 aromatic rings. The van der Waals surface area contributed by atoms with Crippen molar-refractivity contribution in [3.63, 3.8) is 0 Å². The molecule has 150 valence electrons. The maximum Gasteiger partial charge on any atom is 0.305 e. The van der Waals surface area contributed by atoms with Crippen LogP contribution in [0.2, 0.25) is 0 Å². The van der Waals surface area contributed by atoms with Gasteiger partial charge in [0.05, 0.1) is 40.2 Å². The molecule has 1 amide bonds. The number of rotatable bonds is 9. The van der Waals surface area contributed by atoms with Crippen molar-refractivity contribution >= 4 is 11.9 Å². The van der Waals surface area contributed by atoms with E-state index in [4.69, 9.17) is 14.2 Å². The minimum Gasteiger partial charge on any atom is -0.496 e. The summed E-state index contributed by atoms with van der Waals surface area (Å²) in [6.07, 6.45) is -0.180. The molecule has 0 aliphatic heterocycles. The van der Waals surface area contributed by atoms with Crippen molar-refractivity contribution in [2.45, 2.75) is 25.8 Å². The first-order valence-corrected chi connectivity index (χ1v) is 8.74. The molecular weight excluding hydrogens is 362 g/mol. The largest absolute Gasteiger partial charge is 0.496 e. The van der Waals surface area contributed by atoms with E-state index < -0.39 is 12.0 Å². The van der Waals surface area contributed by atoms with Crippen LogP contribution in [0.1, 0.15) is 29.2 Å². The van der Waals surface area contributed by atoms with E-state index in [0.717, 1.165) is 11.1 Å². The number of aliphatic carboxylic acids is 1. The maximum atomic E-state index is 12.6. The summed E-state index contributed by atoms with van der Waals surface area (Å²) in [5.74, 6) is 0.279. The van der Waals surface area contributed by atoms with Gasteiger partial charge in [-0.15, -0.1) is 0 Å². The van der Waals surface area contributed by atoms with Crippen LogP contribution in [0.5, 0.6) is 17.2 Å². The summed E-state index contributed by atoms with van der Waals surface area (Å²) in [5.41, 5.74) is 2.36. The second kappa shape index (κ2) is 9.64. The van der Waals surface area contributed by atoms with E-state index in [1.807, 2.05) is 19.1 Å². The van der Waals surface area contributed by atoms with Gasteiger partial charge in [0, 0.05) is 5.56 Å². The van der Waals surface area contributed by atoms with Crippen molar-refractivity contribution in [2.75, 3.05) is 21.3 Å². The molecule has 0 saturated carbocycles. The Kier molecular flexibility index (Phi) is 7.26. The third kappa shape index (κ3) is 5.39. The van der Waals surface area contributed by atoms with Gasteiger partial charge in [0.1, 0.15) is 5.75 Å². The fraction of sp³-hybridized carbons (Fsp3) is 0.333. The molecule has 0 fully saturated rings. The fourth-order valence-electron chi connectivity index (χ4n) is 2.96. The zero-order valence-corrected chi connectivity index (χ0v) is 16.4. The van der Waals surface area contributed by atoms with Crippen LogP contribution in [0, 0.1) is 6.92 Å². The first-order valence-electron chi connectivity index (χ1n) is 8.74. The summed E-state index contributed by atoms with van der Waals surface area (Å²) in [5, 5.41) is 12.1. The van der Waals surface area contributed by atoms with Crippen molar-refractivity contribution in [1.29, 1.82) is 0 Å². The Morgan fingerprint density at radius 2 is 1.61 bits per heavy atom. The molecule has 7 nitrogen and oxygen atoms in total. The second-order valence-corrected chi connectivity index (χ2v) is 6.32. The first-order chi connectivity index (χ1) is 13.4. The quantitative estimate of drug-likeness (QED) is 0.687. The monoisotopic (exact) mass is 387 g/mol. The van der Waals surface area contributed by atoms with Crippen molar-refractivity contribution in [2.24, 2.45) is 0 Å². The van der Waals surface area contributed by atoms with Crippen molar-refractivity contribution in [3.05, 3.63) is 53.1 Å². The van der Waals surface area contributed by atoms with Crippen LogP contribution in [0.3, 0.4) is 0 Å². The molecule has 0 heterocycles. The number of carboxylic acid groups (broad SMARTS) is 1. The van der Waals surface area contributed by atoms with Gasteiger partial charge in [0.15, 0.2) is 11.5 Å². The zero-order chi connectivity index (χ0) is 20.7. The number of amides is 1. The van der Waals surface area contributed by atoms with Crippen LogP contribution in [0.4, 0.5) is 0 Å². The molecule has 0 aliphatic rings. The number of benzene rings is 2. The van der Waals surface area contributed by atoms with E-state index >= 15 is 0 Å². The molecule has 2 N–H and O–H groups in total. The second-order valence-electron chi connectivity index (χ2n) is 6.32. The number of aryl methyl sites for hydroxylation is 1. The Bertz CT molecular complexity index is 849. The molecular formula is C21H25NO6. The van der Waals surface area contributed by atoms with Crippen LogP contribution in [0.25, 0.3) is 0 Å². The Morgan fingerprint density at radius 1 is 0.964 bits per heavy atom. The summed E-state index contributed by atoms with van der Waals surface area (Å²) in [7, 11) is 4.56. The number of hydrogen-bond donors (Lipinski definition) is 2. The van der Waals surface area contributed by atoms with Crippen LogP contribution < -0.4 is 19.5 Å². The van der Waals surface area contributed by atoms with Gasteiger partial charge in [-0.3, -0.25) is 9.59 Å². The first kappa shape index (κ1) is 21.1. The summed E-state index contributed by atoms with van der Waals surface area (Å²) in [4.78, 5) is 23.9. The molecule has 28 heavy (non-hydrogen) atoms. The Labute approximate surface area is 164 Å². The van der Waals surface area contributed by atoms with Crippen molar-refractivity contribution in [3.8, 4) is 17.2 Å². The minimum absolute atomic E-state index is 0.0776. The number of nitrogens with one attached hydrogen (secondary N) is 1. The number of methoxy groups -OCH3 is 3. The van der Waals surface area contributed by atoms with E-state index in [9.17, 15) is 14.7 Å². The van der Waals surface area contributed by atoms with Gasteiger partial charge >= 0.3 is 5.97 Å². The molecule has 7 heteroatoms. The smallest absolute Gasteiger partial charge is 0.305 e. The van der Waals surface area contributed by atoms with E-state index in [1.54, 1.807) is 31.4 Å². The molecule has 1 atom stereocenters. The van der Waals surface area contributed by atoms with Gasteiger partial charge < -0.3 is 24.6 Å². The van der Waals surface area contributed by atoms with Crippen molar-refractivity contribution in [1.82, 2.24) is 5.32 Å². The highest BCUT2D eigenvalue weighted by molar-refractivity contribution is 5.80. The predicted molar refractivity (Wildman–Crippen MR) is 104 cm³/mol. The molecule has 1 unspecified atom stereocenters. The molecule has 0 bridgehead atoms. The lowest BCUT2D eigenvalue weighted by atomic mass is 10.0. The van der Waals surface area contributed by atoms with E-state index in [-0.39, 0.29) is 18.7 Å². The van der Waals surface area contributed by atoms with Gasteiger partial charge in [0.2, 0.25) is 5.91 Å². The summed E-state index contributed by atoms with van der Waals surface area (Å²) in [6, 6.07) is 9.93. The SMILES string of the molecule is COc1ccc(C)cc1CC(=O)NC(CC(=O)O)c1ccc(OC)c(OC)c1. The highest BCUT2D eigenvalue weighted by Gasteiger charge is 2.21. The summed E-state index contributed by atoms with van der Waals surface area (Å²) >= 11 is 0. The number of carbonyl (C=O) groups is 2. The van der Waals surface area contributed by atoms with Gasteiger partial charge in [-0.25, -0.2) is 0 Å². The molecule has 2 aromatic carbocycles. The third-order valence-electron chi connectivity index (χ3n) is 4.31. The standard InChI is InChI=1S/C21H25NO6/c1-13-5-7-17(26-2)15(9-13)11-20(23)22-16(12-21(24)25)14-6-8-18(27-3)19(10-14)28-4/h5-10,16H,11-12H2,1-4H3,(H,22,23)(H,24,25). The molecule has 0 radical (unpaired) electrons. The molecule has 0 spiro atoms. The molecule has 2 rings (SSSR count). The predicted octanol–water partition coefficient (Wildman–Crippen LogP) is 2.90. The molecule has 0 aromatic heterocycles. The fourth-order valence-corrected chi connectivity index (χ4v) is 2.96. The molecule has 0 aliphatic carbocycles. The average Bonchev–Trinajstić information content (AvgIpc) is 2.66. The number of carboxylic acids is 1. The number of carbonyl (C=O) groups excluding carboxylic acids is 1. The maximum absolute atomic E-state index is 12.6. The number of ether oxygens (including phenoxy) is 3. The highest BCUT2D eigenvalue weighted by atomic mass is 16.5. The normalized spacial score (nSPS) is 11.4. The van der Waals surface area contributed by atoms with E-state index in [1.165, 1.54) is 14.2 Å². The van der Waals surface area contributed by atoms with Gasteiger partial charge in [-0.05, 0) is 30.7 Å². The van der Waals surface area contributed by atoms with Crippen LogP contribution in [-0.4, -0.2) is 38.3 Å². The summed E-state index contributed by atoms with van der Waals surface area (Å²) < 4.78 is 15.8. The zero-order valence-electron chi connectivity index (χ0n) is 16.4. The highest BCUT2D eigenvalue weighted by Crippen LogP contribution is 2.31. The van der Waals surface area contributed by atoms with Crippen LogP contribution >= 0.6 is 0 Å². The Hall–Kier alpha value is -3.22. The third-order valence-corrected chi connectivity index (χ3v) is 4.31. The summed E-state index contributed by atoms with van der Waals surface area (Å²) in [6.45, 7) is 1.93. The van der Waals surface area contributed by atoms with Gasteiger partial charge in [-0.1, -0.05) is 23.8 Å². The van der Waals surface area contributed by atoms with Crippen LogP contribution in [0.15, 0.2) is 36.4 Å². The van der Waals surface area contributed by atoms with Gasteiger partial charge in [-0.2, -0.15) is 0 Å². The topological polar surface area (TPSA) is 94.1 Å². The number of hydrogen-bond acceptors (Lipinski definition) is 5. The Balaban J connectivity index is 2.24. The minimum atomic E-state index is -1.02. The van der Waals surface area contributed by atoms with Gasteiger partial charge in [0.25, 0.3) is 0 Å². The van der Waals surface area contributed by atoms with Crippen molar-refractivity contribution < 1.29 is 28.9 Å². The van der Waals surface area contributed by atoms with E-state index in [0.29, 0.717) is 22.8 Å². The van der Waals surface area contributed by atoms with E-state index in [2.05, 4.69) is 5.32 Å². The van der Waals surface area contributed by atoms with Crippen LogP contribution in [-0.2, 0) is 16.0 Å². The lowest BCUT2D eigenvalue weighted by Crippen LogP contribution is -2.31.